The Labute approximate surface area is 208 Å². The Bertz CT molecular complexity index is 1600. The van der Waals surface area contributed by atoms with Gasteiger partial charge in [0.05, 0.1) is 24.3 Å². The lowest BCUT2D eigenvalue weighted by Gasteiger charge is -2.30. The third kappa shape index (κ3) is 4.89. The molecule has 1 fully saturated rings. The van der Waals surface area contributed by atoms with E-state index < -0.39 is 10.0 Å². The van der Waals surface area contributed by atoms with E-state index in [1.807, 2.05) is 25.1 Å². The molecule has 2 aromatic carbocycles. The number of aromatic amines is 1. The van der Waals surface area contributed by atoms with Gasteiger partial charge in [-0.2, -0.15) is 0 Å². The molecule has 0 saturated carbocycles. The molecule has 0 aliphatic carbocycles. The standard InChI is InChI=1S/C25H26N6O4S/c1-16-14-18(6-7-20(16)31-10-12-35-13-11-31)28-24-23-17(8-9-27-25(23)32)15-22(30-24)29-19-4-2-3-5-21(19)36(26,33)34/h2-9,14-15H,10-13H2,1H3,(H,27,32)(H2,26,33,34)(H2,28,29,30). The number of ether oxygens (including phenoxy) is 1. The molecular formula is C25H26N6O4S. The Hall–Kier alpha value is -3.93. The van der Waals surface area contributed by atoms with Crippen LogP contribution in [0.4, 0.5) is 28.7 Å². The third-order valence-corrected chi connectivity index (χ3v) is 6.99. The molecule has 1 saturated heterocycles. The molecule has 4 aromatic rings. The molecule has 2 aromatic heterocycles. The summed E-state index contributed by atoms with van der Waals surface area (Å²) in [5.41, 5.74) is 2.98. The van der Waals surface area contributed by atoms with Crippen LogP contribution in [0.1, 0.15) is 5.56 Å². The Morgan fingerprint density at radius 2 is 1.83 bits per heavy atom. The number of pyridine rings is 2. The van der Waals surface area contributed by atoms with E-state index in [4.69, 9.17) is 9.88 Å². The SMILES string of the molecule is Cc1cc(Nc2nc(Nc3ccccc3S(N)(=O)=O)cc3cc[nH]c(=O)c23)ccc1N1CCOCC1. The first-order valence-electron chi connectivity index (χ1n) is 11.4. The molecule has 0 amide bonds. The molecule has 5 N–H and O–H groups in total. The van der Waals surface area contributed by atoms with Crippen LogP contribution in [0, 0.1) is 6.92 Å². The minimum Gasteiger partial charge on any atom is -0.378 e. The number of rotatable bonds is 6. The smallest absolute Gasteiger partial charge is 0.259 e. The molecule has 186 valence electrons. The molecule has 11 heteroatoms. The summed E-state index contributed by atoms with van der Waals surface area (Å²) < 4.78 is 29.5. The second-order valence-electron chi connectivity index (χ2n) is 8.52. The number of aryl methyl sites for hydroxylation is 1. The first-order valence-corrected chi connectivity index (χ1v) is 13.0. The number of nitrogens with two attached hydrogens (primary N) is 1. The lowest BCUT2D eigenvalue weighted by molar-refractivity contribution is 0.122. The van der Waals surface area contributed by atoms with Crippen LogP contribution < -0.4 is 26.2 Å². The van der Waals surface area contributed by atoms with E-state index in [2.05, 4.69) is 25.5 Å². The molecule has 1 aliphatic heterocycles. The van der Waals surface area contributed by atoms with Crippen LogP contribution in [-0.4, -0.2) is 44.7 Å². The highest BCUT2D eigenvalue weighted by Gasteiger charge is 2.17. The zero-order valence-electron chi connectivity index (χ0n) is 19.6. The maximum absolute atomic E-state index is 12.7. The van der Waals surface area contributed by atoms with E-state index in [1.165, 1.54) is 6.07 Å². The number of morpholine rings is 1. The first kappa shape index (κ1) is 23.8. The van der Waals surface area contributed by atoms with Gasteiger partial charge in [0.2, 0.25) is 10.0 Å². The summed E-state index contributed by atoms with van der Waals surface area (Å²) in [6.07, 6.45) is 1.55. The maximum Gasteiger partial charge on any atom is 0.259 e. The van der Waals surface area contributed by atoms with Crippen LogP contribution in [0.3, 0.4) is 0 Å². The van der Waals surface area contributed by atoms with E-state index in [0.29, 0.717) is 35.6 Å². The summed E-state index contributed by atoms with van der Waals surface area (Å²) in [5, 5.41) is 12.7. The van der Waals surface area contributed by atoms with Crippen molar-refractivity contribution in [2.75, 3.05) is 41.8 Å². The van der Waals surface area contributed by atoms with Crippen LogP contribution in [-0.2, 0) is 14.8 Å². The summed E-state index contributed by atoms with van der Waals surface area (Å²) in [7, 11) is -3.95. The van der Waals surface area contributed by atoms with Crippen molar-refractivity contribution in [1.29, 1.82) is 0 Å². The third-order valence-electron chi connectivity index (χ3n) is 6.02. The number of para-hydroxylation sites is 1. The van der Waals surface area contributed by atoms with E-state index in [1.54, 1.807) is 36.5 Å². The van der Waals surface area contributed by atoms with Crippen molar-refractivity contribution in [1.82, 2.24) is 9.97 Å². The molecule has 10 nitrogen and oxygen atoms in total. The molecule has 3 heterocycles. The van der Waals surface area contributed by atoms with Crippen molar-refractivity contribution < 1.29 is 13.2 Å². The minimum absolute atomic E-state index is 0.0540. The van der Waals surface area contributed by atoms with Crippen LogP contribution in [0.15, 0.2) is 70.5 Å². The van der Waals surface area contributed by atoms with Gasteiger partial charge < -0.3 is 25.3 Å². The summed E-state index contributed by atoms with van der Waals surface area (Å²) in [6.45, 7) is 5.11. The number of H-pyrrole nitrogens is 1. The highest BCUT2D eigenvalue weighted by molar-refractivity contribution is 7.89. The van der Waals surface area contributed by atoms with Crippen LogP contribution in [0.5, 0.6) is 0 Å². The fraction of sp³-hybridized carbons (Fsp3) is 0.200. The average Bonchev–Trinajstić information content (AvgIpc) is 2.84. The maximum atomic E-state index is 12.7. The second-order valence-corrected chi connectivity index (χ2v) is 10.0. The number of hydrogen-bond donors (Lipinski definition) is 4. The zero-order chi connectivity index (χ0) is 25.3. The van der Waals surface area contributed by atoms with E-state index in [9.17, 15) is 13.2 Å². The van der Waals surface area contributed by atoms with Crippen LogP contribution >= 0.6 is 0 Å². The number of fused-ring (bicyclic) bond motifs is 1. The number of nitrogens with one attached hydrogen (secondary N) is 3. The number of sulfonamides is 1. The number of nitrogens with zero attached hydrogens (tertiary/aromatic N) is 2. The summed E-state index contributed by atoms with van der Waals surface area (Å²) in [6, 6.07) is 15.7. The Balaban J connectivity index is 1.53. The molecule has 0 atom stereocenters. The van der Waals surface area contributed by atoms with Crippen molar-refractivity contribution in [2.24, 2.45) is 5.14 Å². The second kappa shape index (κ2) is 9.61. The lowest BCUT2D eigenvalue weighted by atomic mass is 10.1. The Morgan fingerprint density at radius 1 is 1.06 bits per heavy atom. The van der Waals surface area contributed by atoms with Crippen molar-refractivity contribution >= 4 is 49.5 Å². The van der Waals surface area contributed by atoms with Gasteiger partial charge in [-0.1, -0.05) is 12.1 Å². The molecule has 0 radical (unpaired) electrons. The van der Waals surface area contributed by atoms with Crippen molar-refractivity contribution in [3.63, 3.8) is 0 Å². The molecule has 1 aliphatic rings. The summed E-state index contributed by atoms with van der Waals surface area (Å²) in [5.74, 6) is 0.691. The van der Waals surface area contributed by atoms with Gasteiger partial charge in [-0.15, -0.1) is 0 Å². The number of anilines is 5. The molecule has 0 bridgehead atoms. The molecule has 0 unspecified atom stereocenters. The van der Waals surface area contributed by atoms with Gasteiger partial charge in [0.1, 0.15) is 16.5 Å². The van der Waals surface area contributed by atoms with E-state index in [0.717, 1.165) is 30.0 Å². The van der Waals surface area contributed by atoms with Gasteiger partial charge >= 0.3 is 0 Å². The fourth-order valence-electron chi connectivity index (χ4n) is 4.35. The molecule has 0 spiro atoms. The van der Waals surface area contributed by atoms with Crippen LogP contribution in [0.2, 0.25) is 0 Å². The van der Waals surface area contributed by atoms with E-state index >= 15 is 0 Å². The molecular weight excluding hydrogens is 480 g/mol. The largest absolute Gasteiger partial charge is 0.378 e. The van der Waals surface area contributed by atoms with Gasteiger partial charge in [-0.05, 0) is 60.3 Å². The normalized spacial score (nSPS) is 14.1. The van der Waals surface area contributed by atoms with E-state index in [-0.39, 0.29) is 16.1 Å². The predicted molar refractivity (Wildman–Crippen MR) is 141 cm³/mol. The number of hydrogen-bond acceptors (Lipinski definition) is 8. The van der Waals surface area contributed by atoms with Gasteiger partial charge in [0.25, 0.3) is 5.56 Å². The van der Waals surface area contributed by atoms with Gasteiger partial charge in [0.15, 0.2) is 0 Å². The van der Waals surface area contributed by atoms with Gasteiger partial charge in [-0.3, -0.25) is 4.79 Å². The summed E-state index contributed by atoms with van der Waals surface area (Å²) >= 11 is 0. The van der Waals surface area contributed by atoms with Gasteiger partial charge in [0, 0.05) is 30.7 Å². The highest BCUT2D eigenvalue weighted by Crippen LogP contribution is 2.30. The van der Waals surface area contributed by atoms with Crippen LogP contribution in [0.25, 0.3) is 10.8 Å². The number of primary sulfonamides is 1. The molecule has 5 rings (SSSR count). The fourth-order valence-corrected chi connectivity index (χ4v) is 5.05. The highest BCUT2D eigenvalue weighted by atomic mass is 32.2. The number of aromatic nitrogens is 2. The topological polar surface area (TPSA) is 142 Å². The zero-order valence-corrected chi connectivity index (χ0v) is 20.4. The lowest BCUT2D eigenvalue weighted by Crippen LogP contribution is -2.36. The first-order chi connectivity index (χ1) is 17.3. The Kier molecular flexibility index (Phi) is 6.35. The number of benzene rings is 2. The predicted octanol–water partition coefficient (Wildman–Crippen LogP) is 3.20. The van der Waals surface area contributed by atoms with Crippen molar-refractivity contribution in [3.05, 3.63) is 76.7 Å². The van der Waals surface area contributed by atoms with Crippen molar-refractivity contribution in [3.8, 4) is 0 Å². The summed E-state index contributed by atoms with van der Waals surface area (Å²) in [4.78, 5) is 22.2. The monoisotopic (exact) mass is 506 g/mol. The Morgan fingerprint density at radius 3 is 2.58 bits per heavy atom. The molecule has 36 heavy (non-hydrogen) atoms. The quantitative estimate of drug-likeness (QED) is 0.312. The average molecular weight is 507 g/mol. The van der Waals surface area contributed by atoms with Gasteiger partial charge in [-0.25, -0.2) is 18.5 Å². The van der Waals surface area contributed by atoms with Crippen molar-refractivity contribution in [2.45, 2.75) is 11.8 Å². The minimum atomic E-state index is -3.95.